The van der Waals surface area contributed by atoms with Crippen LogP contribution in [0.2, 0.25) is 0 Å². The first kappa shape index (κ1) is 6.62. The van der Waals surface area contributed by atoms with E-state index in [1.807, 2.05) is 0 Å². The average Bonchev–Trinajstić information content (AvgIpc) is 2.59. The molecule has 0 bridgehead atoms. The first-order chi connectivity index (χ1) is 4.84. The van der Waals surface area contributed by atoms with Gasteiger partial charge in [0.25, 0.3) is 0 Å². The van der Waals surface area contributed by atoms with Crippen molar-refractivity contribution in [3.63, 3.8) is 0 Å². The van der Waals surface area contributed by atoms with Gasteiger partial charge in [-0.15, -0.1) is 0 Å². The van der Waals surface area contributed by atoms with Gasteiger partial charge in [-0.2, -0.15) is 0 Å². The SMILES string of the molecule is CC1CCN(NC2CC2)C1. The number of hydrogen-bond acceptors (Lipinski definition) is 2. The van der Waals surface area contributed by atoms with Gasteiger partial charge in [0.1, 0.15) is 0 Å². The Hall–Kier alpha value is -0.0800. The first-order valence-corrected chi connectivity index (χ1v) is 4.36. The molecule has 1 saturated carbocycles. The van der Waals surface area contributed by atoms with E-state index in [9.17, 15) is 0 Å². The zero-order valence-corrected chi connectivity index (χ0v) is 6.64. The Kier molecular flexibility index (Phi) is 1.66. The van der Waals surface area contributed by atoms with Crippen LogP contribution >= 0.6 is 0 Å². The highest BCUT2D eigenvalue weighted by atomic mass is 15.5. The van der Waals surface area contributed by atoms with Gasteiger partial charge in [-0.05, 0) is 25.2 Å². The molecule has 2 rings (SSSR count). The normalized spacial score (nSPS) is 35.1. The summed E-state index contributed by atoms with van der Waals surface area (Å²) in [6.07, 6.45) is 4.16. The Morgan fingerprint density at radius 1 is 1.30 bits per heavy atom. The lowest BCUT2D eigenvalue weighted by Crippen LogP contribution is -2.37. The van der Waals surface area contributed by atoms with Gasteiger partial charge in [0.05, 0.1) is 0 Å². The van der Waals surface area contributed by atoms with E-state index in [4.69, 9.17) is 0 Å². The lowest BCUT2D eigenvalue weighted by atomic mass is 10.2. The van der Waals surface area contributed by atoms with Crippen LogP contribution in [0.5, 0.6) is 0 Å². The summed E-state index contributed by atoms with van der Waals surface area (Å²) >= 11 is 0. The molecule has 1 aliphatic carbocycles. The second kappa shape index (κ2) is 2.51. The molecule has 10 heavy (non-hydrogen) atoms. The molecule has 0 aromatic rings. The molecule has 0 aromatic heterocycles. The summed E-state index contributed by atoms with van der Waals surface area (Å²) in [4.78, 5) is 0. The van der Waals surface area contributed by atoms with Crippen LogP contribution in [0, 0.1) is 5.92 Å². The Bertz CT molecular complexity index is 120. The largest absolute Gasteiger partial charge is 0.252 e. The number of hydrogen-bond donors (Lipinski definition) is 1. The molecule has 1 N–H and O–H groups in total. The highest BCUT2D eigenvalue weighted by Gasteiger charge is 2.26. The van der Waals surface area contributed by atoms with Crippen molar-refractivity contribution < 1.29 is 0 Å². The summed E-state index contributed by atoms with van der Waals surface area (Å²) in [6.45, 7) is 4.85. The summed E-state index contributed by atoms with van der Waals surface area (Å²) in [7, 11) is 0. The summed E-state index contributed by atoms with van der Waals surface area (Å²) < 4.78 is 0. The van der Waals surface area contributed by atoms with E-state index < -0.39 is 0 Å². The lowest BCUT2D eigenvalue weighted by Gasteiger charge is -2.15. The van der Waals surface area contributed by atoms with Gasteiger partial charge in [-0.3, -0.25) is 5.43 Å². The topological polar surface area (TPSA) is 15.3 Å². The maximum Gasteiger partial charge on any atom is 0.0216 e. The van der Waals surface area contributed by atoms with E-state index >= 15 is 0 Å². The molecule has 0 radical (unpaired) electrons. The van der Waals surface area contributed by atoms with Crippen LogP contribution in [0.3, 0.4) is 0 Å². The van der Waals surface area contributed by atoms with E-state index in [-0.39, 0.29) is 0 Å². The Balaban J connectivity index is 1.72. The molecule has 0 aromatic carbocycles. The second-order valence-corrected chi connectivity index (χ2v) is 3.74. The van der Waals surface area contributed by atoms with Gasteiger partial charge in [0.2, 0.25) is 0 Å². The van der Waals surface area contributed by atoms with Crippen molar-refractivity contribution >= 4 is 0 Å². The van der Waals surface area contributed by atoms with Crippen molar-refractivity contribution in [3.8, 4) is 0 Å². The van der Waals surface area contributed by atoms with Crippen molar-refractivity contribution in [1.29, 1.82) is 0 Å². The van der Waals surface area contributed by atoms with Crippen molar-refractivity contribution in [3.05, 3.63) is 0 Å². The van der Waals surface area contributed by atoms with Gasteiger partial charge in [0.15, 0.2) is 0 Å². The predicted molar refractivity (Wildman–Crippen MR) is 41.5 cm³/mol. The van der Waals surface area contributed by atoms with Crippen LogP contribution in [-0.2, 0) is 0 Å². The van der Waals surface area contributed by atoms with E-state index in [1.54, 1.807) is 0 Å². The van der Waals surface area contributed by atoms with Gasteiger partial charge in [0, 0.05) is 19.1 Å². The fourth-order valence-corrected chi connectivity index (χ4v) is 1.52. The minimum Gasteiger partial charge on any atom is -0.252 e. The molecule has 1 unspecified atom stereocenters. The van der Waals surface area contributed by atoms with Crippen molar-refractivity contribution in [2.75, 3.05) is 13.1 Å². The Morgan fingerprint density at radius 3 is 2.60 bits per heavy atom. The molecule has 2 nitrogen and oxygen atoms in total. The zero-order chi connectivity index (χ0) is 6.97. The van der Waals surface area contributed by atoms with Crippen LogP contribution < -0.4 is 5.43 Å². The van der Waals surface area contributed by atoms with Gasteiger partial charge >= 0.3 is 0 Å². The number of hydrazine groups is 1. The molecular weight excluding hydrogens is 124 g/mol. The molecule has 1 aliphatic heterocycles. The summed E-state index contributed by atoms with van der Waals surface area (Å²) in [5.74, 6) is 0.909. The third kappa shape index (κ3) is 1.50. The fourth-order valence-electron chi connectivity index (χ4n) is 1.52. The quantitative estimate of drug-likeness (QED) is 0.615. The minimum atomic E-state index is 0.838. The number of nitrogens with zero attached hydrogens (tertiary/aromatic N) is 1. The molecule has 1 heterocycles. The van der Waals surface area contributed by atoms with Crippen molar-refractivity contribution in [2.24, 2.45) is 5.92 Å². The Labute approximate surface area is 62.6 Å². The number of nitrogens with one attached hydrogen (secondary N) is 1. The molecule has 1 saturated heterocycles. The van der Waals surface area contributed by atoms with Crippen molar-refractivity contribution in [1.82, 2.24) is 10.4 Å². The third-order valence-electron chi connectivity index (χ3n) is 2.37. The highest BCUT2D eigenvalue weighted by Crippen LogP contribution is 2.21. The summed E-state index contributed by atoms with van der Waals surface area (Å²) in [5.41, 5.74) is 3.52. The van der Waals surface area contributed by atoms with Crippen LogP contribution in [-0.4, -0.2) is 24.1 Å². The minimum absolute atomic E-state index is 0.838. The van der Waals surface area contributed by atoms with Gasteiger partial charge in [-0.25, -0.2) is 5.01 Å². The molecule has 2 heteroatoms. The van der Waals surface area contributed by atoms with Gasteiger partial charge in [-0.1, -0.05) is 6.92 Å². The average molecular weight is 140 g/mol. The molecule has 0 amide bonds. The first-order valence-electron chi connectivity index (χ1n) is 4.36. The fraction of sp³-hybridized carbons (Fsp3) is 1.00. The van der Waals surface area contributed by atoms with Crippen LogP contribution in [0.15, 0.2) is 0 Å². The molecule has 58 valence electrons. The van der Waals surface area contributed by atoms with E-state index in [0.29, 0.717) is 0 Å². The molecule has 2 fully saturated rings. The molecule has 0 spiro atoms. The van der Waals surface area contributed by atoms with Crippen LogP contribution in [0.4, 0.5) is 0 Å². The van der Waals surface area contributed by atoms with E-state index in [1.165, 1.54) is 32.4 Å². The van der Waals surface area contributed by atoms with E-state index in [0.717, 1.165) is 12.0 Å². The summed E-state index contributed by atoms with van der Waals surface area (Å²) in [5, 5.41) is 2.39. The standard InChI is InChI=1S/C8H16N2/c1-7-4-5-10(6-7)9-8-2-3-8/h7-9H,2-6H2,1H3. The van der Waals surface area contributed by atoms with Crippen molar-refractivity contribution in [2.45, 2.75) is 32.2 Å². The Morgan fingerprint density at radius 2 is 2.10 bits per heavy atom. The van der Waals surface area contributed by atoms with Crippen LogP contribution in [0.1, 0.15) is 26.2 Å². The molecule has 2 aliphatic rings. The zero-order valence-electron chi connectivity index (χ0n) is 6.64. The predicted octanol–water partition coefficient (Wildman–Crippen LogP) is 0.995. The molecular formula is C8H16N2. The smallest absolute Gasteiger partial charge is 0.0216 e. The maximum absolute atomic E-state index is 3.52. The lowest BCUT2D eigenvalue weighted by molar-refractivity contribution is 0.224. The number of rotatable bonds is 2. The molecule has 1 atom stereocenters. The van der Waals surface area contributed by atoms with Crippen LogP contribution in [0.25, 0.3) is 0 Å². The highest BCUT2D eigenvalue weighted by molar-refractivity contribution is 4.81. The maximum atomic E-state index is 3.52. The third-order valence-corrected chi connectivity index (χ3v) is 2.37. The van der Waals surface area contributed by atoms with E-state index in [2.05, 4.69) is 17.4 Å². The second-order valence-electron chi connectivity index (χ2n) is 3.74. The summed E-state index contributed by atoms with van der Waals surface area (Å²) in [6, 6.07) is 0.838. The van der Waals surface area contributed by atoms with Gasteiger partial charge < -0.3 is 0 Å². The monoisotopic (exact) mass is 140 g/mol.